The van der Waals surface area contributed by atoms with Crippen molar-refractivity contribution in [2.45, 2.75) is 25.8 Å². The number of fused-ring (bicyclic) bond motifs is 2. The lowest BCUT2D eigenvalue weighted by Gasteiger charge is -2.34. The highest BCUT2D eigenvalue weighted by molar-refractivity contribution is 6.30. The van der Waals surface area contributed by atoms with Crippen LogP contribution in [-0.4, -0.2) is 41.8 Å². The van der Waals surface area contributed by atoms with Gasteiger partial charge in [0, 0.05) is 24.5 Å². The summed E-state index contributed by atoms with van der Waals surface area (Å²) in [7, 11) is 3.24. The molecular weight excluding hydrogens is 428 g/mol. The molecule has 1 N–H and O–H groups in total. The zero-order valence-corrected chi connectivity index (χ0v) is 19.1. The molecule has 7 nitrogen and oxygen atoms in total. The third kappa shape index (κ3) is 3.46. The van der Waals surface area contributed by atoms with Crippen LogP contribution in [0, 0.1) is 6.92 Å². The number of H-pyrrole nitrogens is 1. The normalized spacial score (nSPS) is 14.9. The topological polar surface area (TPSA) is 72.4 Å². The number of aryl methyl sites for hydroxylation is 1. The number of piperidine rings is 1. The van der Waals surface area contributed by atoms with Gasteiger partial charge in [0.2, 0.25) is 0 Å². The van der Waals surface area contributed by atoms with E-state index in [2.05, 4.69) is 14.9 Å². The molecule has 0 saturated carbocycles. The van der Waals surface area contributed by atoms with Gasteiger partial charge < -0.3 is 19.4 Å². The lowest BCUT2D eigenvalue weighted by molar-refractivity contribution is 0.356. The molecule has 1 fully saturated rings. The number of aromatic amines is 1. The van der Waals surface area contributed by atoms with Gasteiger partial charge in [0.15, 0.2) is 11.5 Å². The van der Waals surface area contributed by atoms with Crippen molar-refractivity contribution >= 4 is 39.2 Å². The van der Waals surface area contributed by atoms with Gasteiger partial charge in [-0.05, 0) is 61.0 Å². The maximum Gasteiger partial charge on any atom is 0.326 e. The van der Waals surface area contributed by atoms with Crippen molar-refractivity contribution in [3.05, 3.63) is 57.6 Å². The highest BCUT2D eigenvalue weighted by Gasteiger charge is 2.26. The number of rotatable bonds is 4. The molecule has 3 heterocycles. The third-order valence-corrected chi connectivity index (χ3v) is 6.48. The number of benzene rings is 2. The van der Waals surface area contributed by atoms with E-state index in [9.17, 15) is 4.79 Å². The number of imidazole rings is 1. The molecule has 4 aromatic rings. The number of pyridine rings is 1. The minimum Gasteiger partial charge on any atom is -0.493 e. The van der Waals surface area contributed by atoms with Crippen molar-refractivity contribution in [2.75, 3.05) is 32.2 Å². The first-order chi connectivity index (χ1) is 15.5. The van der Waals surface area contributed by atoms with Crippen molar-refractivity contribution in [3.8, 4) is 11.5 Å². The molecule has 1 aliphatic rings. The number of hydrogen-bond donors (Lipinski definition) is 1. The Morgan fingerprint density at radius 1 is 1.06 bits per heavy atom. The molecule has 32 heavy (non-hydrogen) atoms. The molecule has 166 valence electrons. The zero-order valence-electron chi connectivity index (χ0n) is 18.3. The first-order valence-electron chi connectivity index (χ1n) is 10.7. The smallest absolute Gasteiger partial charge is 0.326 e. The van der Waals surface area contributed by atoms with Crippen molar-refractivity contribution in [1.29, 1.82) is 0 Å². The van der Waals surface area contributed by atoms with E-state index < -0.39 is 0 Å². The lowest BCUT2D eigenvalue weighted by Crippen LogP contribution is -2.37. The van der Waals surface area contributed by atoms with Gasteiger partial charge in [0.05, 0.1) is 25.3 Å². The van der Waals surface area contributed by atoms with Crippen LogP contribution >= 0.6 is 11.6 Å². The van der Waals surface area contributed by atoms with E-state index in [0.29, 0.717) is 16.7 Å². The van der Waals surface area contributed by atoms with Crippen LogP contribution in [0.5, 0.6) is 11.5 Å². The van der Waals surface area contributed by atoms with Crippen molar-refractivity contribution in [3.63, 3.8) is 0 Å². The molecule has 2 aromatic carbocycles. The molecule has 1 saturated heterocycles. The number of halogens is 1. The number of nitrogens with zero attached hydrogens (tertiary/aromatic N) is 3. The summed E-state index contributed by atoms with van der Waals surface area (Å²) in [6.07, 6.45) is 1.67. The van der Waals surface area contributed by atoms with Crippen molar-refractivity contribution in [2.24, 2.45) is 0 Å². The standard InChI is InChI=1S/C24H25ClN4O3/c1-14-4-5-19-18(10-14)26-24(30)29(19)16-6-8-28(9-7-16)23-17-13-21(32-3)20(31-2)11-15(17)12-22(25)27-23/h4-5,10-13,16H,6-9H2,1-3H3,(H,26,30). The minimum absolute atomic E-state index is 0.0489. The van der Waals surface area contributed by atoms with E-state index in [1.165, 1.54) is 0 Å². The summed E-state index contributed by atoms with van der Waals surface area (Å²) >= 11 is 6.36. The molecule has 0 radical (unpaired) electrons. The number of aromatic nitrogens is 3. The number of anilines is 1. The summed E-state index contributed by atoms with van der Waals surface area (Å²) in [5.41, 5.74) is 2.93. The van der Waals surface area contributed by atoms with Crippen LogP contribution in [0.15, 0.2) is 41.2 Å². The van der Waals surface area contributed by atoms with Crippen LogP contribution in [0.1, 0.15) is 24.4 Å². The maximum atomic E-state index is 12.7. The summed E-state index contributed by atoms with van der Waals surface area (Å²) in [4.78, 5) is 22.6. The van der Waals surface area contributed by atoms with E-state index in [4.69, 9.17) is 21.1 Å². The number of ether oxygens (including phenoxy) is 2. The van der Waals surface area contributed by atoms with Crippen LogP contribution in [0.2, 0.25) is 5.15 Å². The van der Waals surface area contributed by atoms with Gasteiger partial charge in [-0.3, -0.25) is 4.57 Å². The number of hydrogen-bond acceptors (Lipinski definition) is 5. The van der Waals surface area contributed by atoms with Gasteiger partial charge >= 0.3 is 5.69 Å². The first-order valence-corrected chi connectivity index (χ1v) is 11.0. The molecule has 1 aliphatic heterocycles. The van der Waals surface area contributed by atoms with E-state index in [-0.39, 0.29) is 11.7 Å². The fourth-order valence-electron chi connectivity index (χ4n) is 4.71. The van der Waals surface area contributed by atoms with Gasteiger partial charge in [-0.15, -0.1) is 0 Å². The van der Waals surface area contributed by atoms with Crippen LogP contribution in [-0.2, 0) is 0 Å². The lowest BCUT2D eigenvalue weighted by atomic mass is 10.0. The molecule has 0 unspecified atom stereocenters. The second-order valence-electron chi connectivity index (χ2n) is 8.24. The highest BCUT2D eigenvalue weighted by atomic mass is 35.5. The number of nitrogens with one attached hydrogen (secondary N) is 1. The molecule has 8 heteroatoms. The van der Waals surface area contributed by atoms with E-state index >= 15 is 0 Å². The van der Waals surface area contributed by atoms with Crippen molar-refractivity contribution < 1.29 is 9.47 Å². The monoisotopic (exact) mass is 452 g/mol. The second kappa shape index (κ2) is 8.06. The largest absolute Gasteiger partial charge is 0.493 e. The second-order valence-corrected chi connectivity index (χ2v) is 8.62. The Labute approximate surface area is 190 Å². The summed E-state index contributed by atoms with van der Waals surface area (Å²) in [5.74, 6) is 2.13. The fraction of sp³-hybridized carbons (Fsp3) is 0.333. The Morgan fingerprint density at radius 2 is 1.78 bits per heavy atom. The molecule has 5 rings (SSSR count). The minimum atomic E-state index is -0.0489. The van der Waals surface area contributed by atoms with E-state index in [1.807, 2.05) is 47.9 Å². The van der Waals surface area contributed by atoms with Gasteiger partial charge in [0.25, 0.3) is 0 Å². The highest BCUT2D eigenvalue weighted by Crippen LogP contribution is 2.38. The van der Waals surface area contributed by atoms with Gasteiger partial charge in [0.1, 0.15) is 11.0 Å². The molecule has 0 amide bonds. The van der Waals surface area contributed by atoms with E-state index in [0.717, 1.165) is 59.1 Å². The Hall–Kier alpha value is -3.19. The van der Waals surface area contributed by atoms with E-state index in [1.54, 1.807) is 14.2 Å². The Balaban J connectivity index is 1.47. The van der Waals surface area contributed by atoms with Crippen LogP contribution < -0.4 is 20.1 Å². The quantitative estimate of drug-likeness (QED) is 0.454. The molecule has 2 aromatic heterocycles. The van der Waals surface area contributed by atoms with Gasteiger partial charge in [-0.1, -0.05) is 17.7 Å². The zero-order chi connectivity index (χ0) is 22.4. The first kappa shape index (κ1) is 20.7. The third-order valence-electron chi connectivity index (χ3n) is 6.29. The van der Waals surface area contributed by atoms with Crippen LogP contribution in [0.25, 0.3) is 21.8 Å². The summed E-state index contributed by atoms with van der Waals surface area (Å²) in [6.45, 7) is 3.57. The SMILES string of the molecule is COc1cc2cc(Cl)nc(N3CCC(n4c(=O)[nH]c5cc(C)ccc54)CC3)c2cc1OC. The summed E-state index contributed by atoms with van der Waals surface area (Å²) < 4.78 is 12.8. The average molecular weight is 453 g/mol. The van der Waals surface area contributed by atoms with Crippen LogP contribution in [0.3, 0.4) is 0 Å². The predicted molar refractivity (Wildman–Crippen MR) is 128 cm³/mol. The van der Waals surface area contributed by atoms with Gasteiger partial charge in [-0.2, -0.15) is 0 Å². The van der Waals surface area contributed by atoms with Crippen LogP contribution in [0.4, 0.5) is 5.82 Å². The fourth-order valence-corrected chi connectivity index (χ4v) is 4.91. The predicted octanol–water partition coefficient (Wildman–Crippen LogP) is 4.70. The summed E-state index contributed by atoms with van der Waals surface area (Å²) in [6, 6.07) is 11.9. The molecule has 0 aliphatic carbocycles. The molecule has 0 spiro atoms. The Morgan fingerprint density at radius 3 is 2.50 bits per heavy atom. The average Bonchev–Trinajstić information content (AvgIpc) is 3.12. The molecule has 0 atom stereocenters. The summed E-state index contributed by atoms with van der Waals surface area (Å²) in [5, 5.41) is 2.35. The van der Waals surface area contributed by atoms with Gasteiger partial charge in [-0.25, -0.2) is 9.78 Å². The number of methoxy groups -OCH3 is 2. The van der Waals surface area contributed by atoms with Crippen molar-refractivity contribution in [1.82, 2.24) is 14.5 Å². The molecular formula is C24H25ClN4O3. The maximum absolute atomic E-state index is 12.7. The molecule has 0 bridgehead atoms. The Bertz CT molecular complexity index is 1370. The Kier molecular flexibility index (Phi) is 5.21.